The summed E-state index contributed by atoms with van der Waals surface area (Å²) < 4.78 is 69.2. The molecule has 4 aromatic rings. The monoisotopic (exact) mass is 732 g/mol. The number of ether oxygens (including phenoxy) is 12. The highest BCUT2D eigenvalue weighted by Crippen LogP contribution is 2.48. The Balaban J connectivity index is 1.11. The van der Waals surface area contributed by atoms with Gasteiger partial charge in [-0.1, -0.05) is 13.8 Å². The standard InChI is InChI=1S/C41H48O12/c1-24(26-14-36(42-3)40(46-7)37(15-26)43-4)28-18-32-34(52-22-50-32)20-30(28)48-12-10-9-11-13-49-31-21-35-33(51-23-53-35)19-29(31)25(2)27-16-38(44-5)41(47-8)39(17-27)45-6/h14-21,24-25H,9-13,22-23H2,1-8H3/t24-,25+. The van der Waals surface area contributed by atoms with E-state index in [1.807, 2.05) is 48.5 Å². The molecule has 0 amide bonds. The molecule has 0 aliphatic carbocycles. The van der Waals surface area contributed by atoms with E-state index in [9.17, 15) is 0 Å². The molecule has 53 heavy (non-hydrogen) atoms. The molecule has 2 aliphatic rings. The van der Waals surface area contributed by atoms with Crippen LogP contribution in [0.2, 0.25) is 0 Å². The second kappa shape index (κ2) is 16.9. The predicted octanol–water partition coefficient (Wildman–Crippen LogP) is 8.13. The van der Waals surface area contributed by atoms with Crippen molar-refractivity contribution in [2.24, 2.45) is 0 Å². The fourth-order valence-electron chi connectivity index (χ4n) is 6.61. The van der Waals surface area contributed by atoms with Gasteiger partial charge in [-0.3, -0.25) is 0 Å². The molecule has 0 saturated carbocycles. The lowest BCUT2D eigenvalue weighted by atomic mass is 9.91. The van der Waals surface area contributed by atoms with E-state index in [2.05, 4.69) is 13.8 Å². The van der Waals surface area contributed by atoms with E-state index in [-0.39, 0.29) is 25.4 Å². The first-order valence-corrected chi connectivity index (χ1v) is 17.6. The van der Waals surface area contributed by atoms with Crippen molar-refractivity contribution in [1.29, 1.82) is 0 Å². The summed E-state index contributed by atoms with van der Waals surface area (Å²) in [4.78, 5) is 0. The van der Waals surface area contributed by atoms with Crippen LogP contribution in [0.4, 0.5) is 0 Å². The van der Waals surface area contributed by atoms with Crippen molar-refractivity contribution in [2.45, 2.75) is 44.9 Å². The minimum atomic E-state index is -0.0833. The minimum absolute atomic E-state index is 0.0833. The molecule has 0 spiro atoms. The normalized spacial score (nSPS) is 13.6. The molecule has 2 heterocycles. The SMILES string of the molecule is COc1cc([C@@H](C)c2cc3c(cc2OCCCCCOc2cc4c(cc2[C@@H](C)c2cc(OC)c(OC)c(OC)c2)OCO4)OCO3)cc(OC)c1OC. The Morgan fingerprint density at radius 1 is 0.434 bits per heavy atom. The van der Waals surface area contributed by atoms with Crippen molar-refractivity contribution in [3.8, 4) is 69.0 Å². The van der Waals surface area contributed by atoms with Crippen molar-refractivity contribution in [2.75, 3.05) is 69.5 Å². The quantitative estimate of drug-likeness (QED) is 0.0922. The van der Waals surface area contributed by atoms with Crippen LogP contribution < -0.4 is 56.8 Å². The summed E-state index contributed by atoms with van der Waals surface area (Å²) in [5.41, 5.74) is 3.87. The van der Waals surface area contributed by atoms with Gasteiger partial charge in [0.05, 0.1) is 55.9 Å². The molecule has 0 unspecified atom stereocenters. The smallest absolute Gasteiger partial charge is 0.231 e. The van der Waals surface area contributed by atoms with Gasteiger partial charge in [-0.05, 0) is 66.8 Å². The molecule has 2 aliphatic heterocycles. The lowest BCUT2D eigenvalue weighted by Gasteiger charge is -2.21. The average molecular weight is 733 g/mol. The second-order valence-electron chi connectivity index (χ2n) is 12.6. The maximum absolute atomic E-state index is 6.41. The summed E-state index contributed by atoms with van der Waals surface area (Å²) >= 11 is 0. The third kappa shape index (κ3) is 7.81. The number of unbranched alkanes of at least 4 members (excludes halogenated alkanes) is 2. The van der Waals surface area contributed by atoms with Crippen molar-refractivity contribution in [3.63, 3.8) is 0 Å². The van der Waals surface area contributed by atoms with E-state index in [0.717, 1.165) is 53.0 Å². The molecule has 12 heteroatoms. The molecule has 0 fully saturated rings. The van der Waals surface area contributed by atoms with E-state index in [1.165, 1.54) is 0 Å². The van der Waals surface area contributed by atoms with Gasteiger partial charge in [-0.25, -0.2) is 0 Å². The number of rotatable bonds is 18. The Hall–Kier alpha value is -5.52. The zero-order valence-electron chi connectivity index (χ0n) is 31.6. The van der Waals surface area contributed by atoms with Gasteiger partial charge in [0.2, 0.25) is 25.1 Å². The summed E-state index contributed by atoms with van der Waals surface area (Å²) in [7, 11) is 9.62. The van der Waals surface area contributed by atoms with Gasteiger partial charge in [0.25, 0.3) is 0 Å². The molecule has 6 rings (SSSR count). The first kappa shape index (κ1) is 37.2. The Morgan fingerprint density at radius 3 is 1.09 bits per heavy atom. The van der Waals surface area contributed by atoms with E-state index in [0.29, 0.717) is 70.7 Å². The maximum Gasteiger partial charge on any atom is 0.231 e. The fraction of sp³-hybridized carbons (Fsp3) is 0.415. The van der Waals surface area contributed by atoms with E-state index in [1.54, 1.807) is 42.7 Å². The molecule has 284 valence electrons. The molecular weight excluding hydrogens is 684 g/mol. The first-order chi connectivity index (χ1) is 25.8. The predicted molar refractivity (Wildman–Crippen MR) is 197 cm³/mol. The Morgan fingerprint density at radius 2 is 0.774 bits per heavy atom. The summed E-state index contributed by atoms with van der Waals surface area (Å²) in [5, 5.41) is 0. The molecule has 0 aromatic heterocycles. The zero-order chi connectivity index (χ0) is 37.5. The number of benzene rings is 4. The van der Waals surface area contributed by atoms with E-state index >= 15 is 0 Å². The highest BCUT2D eigenvalue weighted by Gasteiger charge is 2.26. The molecule has 0 N–H and O–H groups in total. The van der Waals surface area contributed by atoms with Crippen LogP contribution in [0.3, 0.4) is 0 Å². The largest absolute Gasteiger partial charge is 0.493 e. The van der Waals surface area contributed by atoms with Crippen LogP contribution in [-0.2, 0) is 0 Å². The molecule has 0 saturated heterocycles. The van der Waals surface area contributed by atoms with Crippen LogP contribution in [0.5, 0.6) is 69.0 Å². The van der Waals surface area contributed by atoms with Gasteiger partial charge in [-0.15, -0.1) is 0 Å². The van der Waals surface area contributed by atoms with Crippen molar-refractivity contribution in [3.05, 3.63) is 70.8 Å². The molecule has 2 atom stereocenters. The maximum atomic E-state index is 6.41. The van der Waals surface area contributed by atoms with Crippen molar-refractivity contribution in [1.82, 2.24) is 0 Å². The van der Waals surface area contributed by atoms with Crippen LogP contribution >= 0.6 is 0 Å². The third-order valence-electron chi connectivity index (χ3n) is 9.62. The van der Waals surface area contributed by atoms with Crippen LogP contribution in [0.15, 0.2) is 48.5 Å². The highest BCUT2D eigenvalue weighted by molar-refractivity contribution is 5.60. The number of methoxy groups -OCH3 is 6. The fourth-order valence-corrected chi connectivity index (χ4v) is 6.61. The van der Waals surface area contributed by atoms with Crippen molar-refractivity contribution >= 4 is 0 Å². The van der Waals surface area contributed by atoms with Gasteiger partial charge in [0.15, 0.2) is 46.0 Å². The van der Waals surface area contributed by atoms with Gasteiger partial charge in [-0.2, -0.15) is 0 Å². The summed E-state index contributed by atoms with van der Waals surface area (Å²) in [6.45, 7) is 5.58. The Bertz CT molecular complexity index is 1700. The Kier molecular flexibility index (Phi) is 11.9. The number of hydrogen-bond acceptors (Lipinski definition) is 12. The number of fused-ring (bicyclic) bond motifs is 2. The first-order valence-electron chi connectivity index (χ1n) is 17.6. The number of hydrogen-bond donors (Lipinski definition) is 0. The molecule has 0 bridgehead atoms. The van der Waals surface area contributed by atoms with Crippen molar-refractivity contribution < 1.29 is 56.8 Å². The van der Waals surface area contributed by atoms with Gasteiger partial charge >= 0.3 is 0 Å². The van der Waals surface area contributed by atoms with Crippen LogP contribution in [-0.4, -0.2) is 69.5 Å². The molecule has 0 radical (unpaired) electrons. The van der Waals surface area contributed by atoms with Gasteiger partial charge in [0.1, 0.15) is 11.5 Å². The summed E-state index contributed by atoms with van der Waals surface area (Å²) in [6.07, 6.45) is 2.54. The van der Waals surface area contributed by atoms with Gasteiger partial charge in [0, 0.05) is 35.1 Å². The lowest BCUT2D eigenvalue weighted by Crippen LogP contribution is -2.07. The zero-order valence-corrected chi connectivity index (χ0v) is 31.6. The lowest BCUT2D eigenvalue weighted by molar-refractivity contribution is 0.173. The Labute approximate surface area is 310 Å². The van der Waals surface area contributed by atoms with Crippen LogP contribution in [0.25, 0.3) is 0 Å². The molecular formula is C41H48O12. The van der Waals surface area contributed by atoms with E-state index in [4.69, 9.17) is 56.8 Å². The van der Waals surface area contributed by atoms with Gasteiger partial charge < -0.3 is 56.8 Å². The minimum Gasteiger partial charge on any atom is -0.493 e. The second-order valence-corrected chi connectivity index (χ2v) is 12.6. The van der Waals surface area contributed by atoms with Crippen LogP contribution in [0.1, 0.15) is 67.2 Å². The topological polar surface area (TPSA) is 111 Å². The van der Waals surface area contributed by atoms with E-state index < -0.39 is 0 Å². The molecule has 4 aromatic carbocycles. The summed E-state index contributed by atoms with van der Waals surface area (Å²) in [6, 6.07) is 15.6. The van der Waals surface area contributed by atoms with Crippen LogP contribution in [0, 0.1) is 0 Å². The summed E-state index contributed by atoms with van der Waals surface area (Å²) in [5.74, 6) is 7.42. The highest BCUT2D eigenvalue weighted by atomic mass is 16.7. The average Bonchev–Trinajstić information content (AvgIpc) is 3.86. The molecule has 12 nitrogen and oxygen atoms in total. The third-order valence-corrected chi connectivity index (χ3v) is 9.62.